The zero-order valence-corrected chi connectivity index (χ0v) is 11.3. The van der Waals surface area contributed by atoms with Crippen molar-refractivity contribution < 1.29 is 4.74 Å². The van der Waals surface area contributed by atoms with Crippen molar-refractivity contribution >= 4 is 16.5 Å². The number of hydrogen-bond acceptors (Lipinski definition) is 2. The van der Waals surface area contributed by atoms with Gasteiger partial charge < -0.3 is 10.5 Å². The summed E-state index contributed by atoms with van der Waals surface area (Å²) in [6.07, 6.45) is 0. The molecule has 0 saturated heterocycles. The van der Waals surface area contributed by atoms with Crippen LogP contribution < -0.4 is 5.73 Å². The second kappa shape index (κ2) is 5.76. The molecule has 0 unspecified atom stereocenters. The van der Waals surface area contributed by atoms with Gasteiger partial charge in [0.15, 0.2) is 0 Å². The van der Waals surface area contributed by atoms with Crippen LogP contribution in [0.4, 0.5) is 5.69 Å². The minimum atomic E-state index is 0.601. The summed E-state index contributed by atoms with van der Waals surface area (Å²) >= 11 is 0. The summed E-state index contributed by atoms with van der Waals surface area (Å²) < 4.78 is 5.81. The minimum Gasteiger partial charge on any atom is -0.399 e. The molecule has 0 atom stereocenters. The van der Waals surface area contributed by atoms with Crippen LogP contribution in [0.3, 0.4) is 0 Å². The van der Waals surface area contributed by atoms with Gasteiger partial charge in [0, 0.05) is 5.69 Å². The standard InChI is InChI=1S/C18H17NO/c19-17-10-8-14(9-11-17)12-20-13-16-6-3-5-15-4-1-2-7-18(15)16/h1-11H,12-13,19H2. The molecule has 0 fully saturated rings. The zero-order valence-electron chi connectivity index (χ0n) is 11.3. The van der Waals surface area contributed by atoms with Crippen LogP contribution in [0.25, 0.3) is 10.8 Å². The van der Waals surface area contributed by atoms with Gasteiger partial charge in [-0.1, -0.05) is 54.6 Å². The first kappa shape index (κ1) is 12.7. The molecule has 0 bridgehead atoms. The topological polar surface area (TPSA) is 35.2 Å². The van der Waals surface area contributed by atoms with E-state index < -0.39 is 0 Å². The van der Waals surface area contributed by atoms with Gasteiger partial charge in [0.1, 0.15) is 0 Å². The van der Waals surface area contributed by atoms with E-state index in [-0.39, 0.29) is 0 Å². The van der Waals surface area contributed by atoms with Crippen LogP contribution in [0.2, 0.25) is 0 Å². The highest BCUT2D eigenvalue weighted by atomic mass is 16.5. The zero-order chi connectivity index (χ0) is 13.8. The largest absolute Gasteiger partial charge is 0.399 e. The number of rotatable bonds is 4. The first-order valence-electron chi connectivity index (χ1n) is 6.72. The number of benzene rings is 3. The average Bonchev–Trinajstić information content (AvgIpc) is 2.49. The fourth-order valence-corrected chi connectivity index (χ4v) is 2.31. The second-order valence-electron chi connectivity index (χ2n) is 4.87. The Morgan fingerprint density at radius 2 is 1.50 bits per heavy atom. The number of nitrogens with two attached hydrogens (primary N) is 1. The van der Waals surface area contributed by atoms with Crippen molar-refractivity contribution in [2.75, 3.05) is 5.73 Å². The van der Waals surface area contributed by atoms with Gasteiger partial charge >= 0.3 is 0 Å². The molecule has 0 spiro atoms. The summed E-state index contributed by atoms with van der Waals surface area (Å²) in [6, 6.07) is 22.5. The Hall–Kier alpha value is -2.32. The van der Waals surface area contributed by atoms with Crippen LogP contribution >= 0.6 is 0 Å². The van der Waals surface area contributed by atoms with Gasteiger partial charge in [0.25, 0.3) is 0 Å². The highest BCUT2D eigenvalue weighted by Gasteiger charge is 2.00. The van der Waals surface area contributed by atoms with E-state index in [2.05, 4.69) is 42.5 Å². The lowest BCUT2D eigenvalue weighted by Crippen LogP contribution is -1.95. The van der Waals surface area contributed by atoms with Crippen molar-refractivity contribution in [3.63, 3.8) is 0 Å². The molecule has 0 saturated carbocycles. The van der Waals surface area contributed by atoms with Crippen LogP contribution in [0.5, 0.6) is 0 Å². The maximum atomic E-state index is 5.81. The molecule has 3 rings (SSSR count). The number of nitrogen functional groups attached to an aromatic ring is 1. The van der Waals surface area contributed by atoms with E-state index in [4.69, 9.17) is 10.5 Å². The summed E-state index contributed by atoms with van der Waals surface area (Å²) in [5.74, 6) is 0. The second-order valence-corrected chi connectivity index (χ2v) is 4.87. The third kappa shape index (κ3) is 2.81. The maximum Gasteiger partial charge on any atom is 0.0727 e. The van der Waals surface area contributed by atoms with E-state index in [0.717, 1.165) is 11.3 Å². The first-order chi connectivity index (χ1) is 9.83. The van der Waals surface area contributed by atoms with Gasteiger partial charge in [-0.25, -0.2) is 0 Å². The lowest BCUT2D eigenvalue weighted by Gasteiger charge is -2.08. The quantitative estimate of drug-likeness (QED) is 0.718. The molecule has 0 radical (unpaired) electrons. The van der Waals surface area contributed by atoms with Crippen molar-refractivity contribution in [2.24, 2.45) is 0 Å². The Bertz CT molecular complexity index is 699. The van der Waals surface area contributed by atoms with Crippen molar-refractivity contribution in [1.82, 2.24) is 0 Å². The molecule has 0 aliphatic heterocycles. The van der Waals surface area contributed by atoms with Gasteiger partial charge in [-0.3, -0.25) is 0 Å². The van der Waals surface area contributed by atoms with E-state index in [1.807, 2.05) is 24.3 Å². The van der Waals surface area contributed by atoms with E-state index in [1.165, 1.54) is 16.3 Å². The summed E-state index contributed by atoms with van der Waals surface area (Å²) in [6.45, 7) is 1.22. The molecule has 3 aromatic rings. The van der Waals surface area contributed by atoms with Crippen LogP contribution in [0, 0.1) is 0 Å². The Balaban J connectivity index is 1.69. The Morgan fingerprint density at radius 3 is 2.35 bits per heavy atom. The maximum absolute atomic E-state index is 5.81. The summed E-state index contributed by atoms with van der Waals surface area (Å²) in [5, 5.41) is 2.51. The van der Waals surface area contributed by atoms with Crippen LogP contribution in [0.15, 0.2) is 66.7 Å². The molecular formula is C18H17NO. The molecule has 0 heterocycles. The smallest absolute Gasteiger partial charge is 0.0727 e. The molecule has 20 heavy (non-hydrogen) atoms. The molecular weight excluding hydrogens is 246 g/mol. The van der Waals surface area contributed by atoms with Crippen LogP contribution in [-0.4, -0.2) is 0 Å². The molecule has 2 nitrogen and oxygen atoms in total. The number of anilines is 1. The number of fused-ring (bicyclic) bond motifs is 1. The third-order valence-electron chi connectivity index (χ3n) is 3.39. The fraction of sp³-hybridized carbons (Fsp3) is 0.111. The van der Waals surface area contributed by atoms with E-state index in [0.29, 0.717) is 13.2 Å². The molecule has 0 aliphatic rings. The summed E-state index contributed by atoms with van der Waals surface area (Å²) in [4.78, 5) is 0. The molecule has 0 aromatic heterocycles. The van der Waals surface area contributed by atoms with Crippen molar-refractivity contribution in [3.8, 4) is 0 Å². The van der Waals surface area contributed by atoms with Crippen LogP contribution in [0.1, 0.15) is 11.1 Å². The van der Waals surface area contributed by atoms with Gasteiger partial charge in [-0.2, -0.15) is 0 Å². The monoisotopic (exact) mass is 263 g/mol. The first-order valence-corrected chi connectivity index (χ1v) is 6.72. The van der Waals surface area contributed by atoms with Gasteiger partial charge in [-0.05, 0) is 34.0 Å². The molecule has 100 valence electrons. The van der Waals surface area contributed by atoms with Crippen molar-refractivity contribution in [3.05, 3.63) is 77.9 Å². The number of ether oxygens (including phenoxy) is 1. The lowest BCUT2D eigenvalue weighted by atomic mass is 10.1. The minimum absolute atomic E-state index is 0.601. The summed E-state index contributed by atoms with van der Waals surface area (Å²) in [7, 11) is 0. The van der Waals surface area contributed by atoms with Gasteiger partial charge in [-0.15, -0.1) is 0 Å². The highest BCUT2D eigenvalue weighted by Crippen LogP contribution is 2.19. The third-order valence-corrected chi connectivity index (χ3v) is 3.39. The Labute approximate surface area is 118 Å². The fourth-order valence-electron chi connectivity index (χ4n) is 2.31. The van der Waals surface area contributed by atoms with E-state index in [1.54, 1.807) is 0 Å². The molecule has 2 N–H and O–H groups in total. The summed E-state index contributed by atoms with van der Waals surface area (Å²) in [5.41, 5.74) is 8.81. The van der Waals surface area contributed by atoms with Gasteiger partial charge in [0.2, 0.25) is 0 Å². The normalized spacial score (nSPS) is 10.8. The SMILES string of the molecule is Nc1ccc(COCc2cccc3ccccc23)cc1. The molecule has 2 heteroatoms. The van der Waals surface area contributed by atoms with Crippen molar-refractivity contribution in [2.45, 2.75) is 13.2 Å². The Kier molecular flexibility index (Phi) is 3.66. The van der Waals surface area contributed by atoms with E-state index >= 15 is 0 Å². The lowest BCUT2D eigenvalue weighted by molar-refractivity contribution is 0.108. The highest BCUT2D eigenvalue weighted by molar-refractivity contribution is 5.85. The van der Waals surface area contributed by atoms with Gasteiger partial charge in [0.05, 0.1) is 13.2 Å². The number of hydrogen-bond donors (Lipinski definition) is 1. The van der Waals surface area contributed by atoms with Crippen LogP contribution in [-0.2, 0) is 18.0 Å². The predicted molar refractivity (Wildman–Crippen MR) is 83.3 cm³/mol. The average molecular weight is 263 g/mol. The molecule has 3 aromatic carbocycles. The van der Waals surface area contributed by atoms with Crippen molar-refractivity contribution in [1.29, 1.82) is 0 Å². The molecule has 0 amide bonds. The Morgan fingerprint density at radius 1 is 0.750 bits per heavy atom. The molecule has 0 aliphatic carbocycles. The van der Waals surface area contributed by atoms with E-state index in [9.17, 15) is 0 Å². The predicted octanol–water partition coefficient (Wildman–Crippen LogP) is 4.14.